The normalized spacial score (nSPS) is 15.6. The van der Waals surface area contributed by atoms with Crippen LogP contribution >= 0.6 is 0 Å². The predicted octanol–water partition coefficient (Wildman–Crippen LogP) is 2.88. The monoisotopic (exact) mass is 288 g/mol. The van der Waals surface area contributed by atoms with Crippen LogP contribution < -0.4 is 11.1 Å². The van der Waals surface area contributed by atoms with Crippen LogP contribution in [0.25, 0.3) is 0 Å². The van der Waals surface area contributed by atoms with Crippen molar-refractivity contribution >= 4 is 11.8 Å². The summed E-state index contributed by atoms with van der Waals surface area (Å²) < 4.78 is 0. The number of rotatable bonds is 6. The summed E-state index contributed by atoms with van der Waals surface area (Å²) in [5.41, 5.74) is 6.16. The third kappa shape index (κ3) is 4.88. The largest absolute Gasteiger partial charge is 0.366 e. The van der Waals surface area contributed by atoms with E-state index < -0.39 is 5.91 Å². The third-order valence-electron chi connectivity index (χ3n) is 4.23. The quantitative estimate of drug-likeness (QED) is 0.790. The third-order valence-corrected chi connectivity index (χ3v) is 4.23. The maximum atomic E-state index is 11.9. The molecule has 1 saturated carbocycles. The van der Waals surface area contributed by atoms with Crippen LogP contribution in [0.15, 0.2) is 24.3 Å². The first-order chi connectivity index (χ1) is 10.2. The molecular weight excluding hydrogens is 264 g/mol. The standard InChI is InChI=1S/C17H24N2O2/c18-16(20)14-8-10-15(11-9-14)17(21)19-12-4-7-13-5-2-1-3-6-13/h8-11,13H,1-7,12H2,(H2,18,20)(H,19,21). The summed E-state index contributed by atoms with van der Waals surface area (Å²) in [6, 6.07) is 6.44. The molecule has 4 nitrogen and oxygen atoms in total. The lowest BCUT2D eigenvalue weighted by Gasteiger charge is -2.21. The summed E-state index contributed by atoms with van der Waals surface area (Å²) in [7, 11) is 0. The van der Waals surface area contributed by atoms with E-state index in [1.807, 2.05) is 0 Å². The molecule has 2 amide bonds. The van der Waals surface area contributed by atoms with E-state index >= 15 is 0 Å². The van der Waals surface area contributed by atoms with Crippen LogP contribution in [-0.4, -0.2) is 18.4 Å². The smallest absolute Gasteiger partial charge is 0.251 e. The van der Waals surface area contributed by atoms with E-state index in [2.05, 4.69) is 5.32 Å². The van der Waals surface area contributed by atoms with Crippen LogP contribution in [-0.2, 0) is 0 Å². The molecule has 0 saturated heterocycles. The number of nitrogens with two attached hydrogens (primary N) is 1. The fourth-order valence-electron chi connectivity index (χ4n) is 2.96. The first-order valence-electron chi connectivity index (χ1n) is 7.85. The van der Waals surface area contributed by atoms with Gasteiger partial charge in [0.15, 0.2) is 0 Å². The molecule has 0 heterocycles. The van der Waals surface area contributed by atoms with Crippen LogP contribution in [0, 0.1) is 5.92 Å². The highest BCUT2D eigenvalue weighted by molar-refractivity contribution is 5.97. The molecule has 21 heavy (non-hydrogen) atoms. The summed E-state index contributed by atoms with van der Waals surface area (Å²) in [5.74, 6) is 0.287. The van der Waals surface area contributed by atoms with E-state index in [1.54, 1.807) is 24.3 Å². The van der Waals surface area contributed by atoms with Gasteiger partial charge in [-0.3, -0.25) is 9.59 Å². The lowest BCUT2D eigenvalue weighted by molar-refractivity contribution is 0.0949. The topological polar surface area (TPSA) is 72.2 Å². The Morgan fingerprint density at radius 3 is 2.29 bits per heavy atom. The molecule has 0 aromatic heterocycles. The highest BCUT2D eigenvalue weighted by Gasteiger charge is 2.13. The minimum absolute atomic E-state index is 0.0883. The molecule has 2 rings (SSSR count). The Kier molecular flexibility index (Phi) is 5.78. The van der Waals surface area contributed by atoms with E-state index in [9.17, 15) is 9.59 Å². The maximum absolute atomic E-state index is 11.9. The van der Waals surface area contributed by atoms with Crippen molar-refractivity contribution in [1.82, 2.24) is 5.32 Å². The summed E-state index contributed by atoms with van der Waals surface area (Å²) in [5, 5.41) is 2.93. The number of carbonyl (C=O) groups is 2. The van der Waals surface area contributed by atoms with E-state index in [1.165, 1.54) is 38.5 Å². The second-order valence-electron chi connectivity index (χ2n) is 5.84. The Bertz CT molecular complexity index is 476. The molecule has 4 heteroatoms. The number of carbonyl (C=O) groups excluding carboxylic acids is 2. The van der Waals surface area contributed by atoms with Crippen molar-refractivity contribution in [2.24, 2.45) is 11.7 Å². The molecule has 1 aromatic rings. The molecule has 1 aliphatic carbocycles. The van der Waals surface area contributed by atoms with Crippen LogP contribution in [0.4, 0.5) is 0 Å². The molecule has 1 aromatic carbocycles. The molecule has 0 unspecified atom stereocenters. The highest BCUT2D eigenvalue weighted by Crippen LogP contribution is 2.26. The minimum atomic E-state index is -0.477. The lowest BCUT2D eigenvalue weighted by Crippen LogP contribution is -2.25. The van der Waals surface area contributed by atoms with Gasteiger partial charge >= 0.3 is 0 Å². The maximum Gasteiger partial charge on any atom is 0.251 e. The average molecular weight is 288 g/mol. The predicted molar refractivity (Wildman–Crippen MR) is 83.1 cm³/mol. The molecule has 0 spiro atoms. The first-order valence-corrected chi connectivity index (χ1v) is 7.85. The molecule has 0 aliphatic heterocycles. The van der Waals surface area contributed by atoms with E-state index in [0.717, 1.165) is 12.3 Å². The van der Waals surface area contributed by atoms with E-state index in [-0.39, 0.29) is 5.91 Å². The zero-order chi connectivity index (χ0) is 15.1. The minimum Gasteiger partial charge on any atom is -0.366 e. The van der Waals surface area contributed by atoms with Gasteiger partial charge in [0, 0.05) is 17.7 Å². The summed E-state index contributed by atoms with van der Waals surface area (Å²) in [4.78, 5) is 22.9. The zero-order valence-corrected chi connectivity index (χ0v) is 12.4. The van der Waals surface area contributed by atoms with Crippen molar-refractivity contribution in [1.29, 1.82) is 0 Å². The summed E-state index contributed by atoms with van der Waals surface area (Å²) >= 11 is 0. The van der Waals surface area contributed by atoms with Gasteiger partial charge in [-0.15, -0.1) is 0 Å². The second kappa shape index (κ2) is 7.81. The first kappa shape index (κ1) is 15.5. The van der Waals surface area contributed by atoms with Gasteiger partial charge in [-0.05, 0) is 43.0 Å². The van der Waals surface area contributed by atoms with Crippen molar-refractivity contribution in [3.63, 3.8) is 0 Å². The average Bonchev–Trinajstić information content (AvgIpc) is 2.52. The SMILES string of the molecule is NC(=O)c1ccc(C(=O)NCCCC2CCCCC2)cc1. The van der Waals surface area contributed by atoms with Crippen molar-refractivity contribution in [3.8, 4) is 0 Å². The molecule has 114 valence electrons. The highest BCUT2D eigenvalue weighted by atomic mass is 16.2. The number of nitrogens with one attached hydrogen (secondary N) is 1. The van der Waals surface area contributed by atoms with Crippen molar-refractivity contribution < 1.29 is 9.59 Å². The molecule has 0 radical (unpaired) electrons. The fourth-order valence-corrected chi connectivity index (χ4v) is 2.96. The number of amides is 2. The second-order valence-corrected chi connectivity index (χ2v) is 5.84. The summed E-state index contributed by atoms with van der Waals surface area (Å²) in [6.07, 6.45) is 9.06. The molecule has 0 atom stereocenters. The molecule has 1 fully saturated rings. The Morgan fingerprint density at radius 2 is 1.67 bits per heavy atom. The molecular formula is C17H24N2O2. The molecule has 1 aliphatic rings. The van der Waals surface area contributed by atoms with Crippen molar-refractivity contribution in [2.75, 3.05) is 6.54 Å². The van der Waals surface area contributed by atoms with Gasteiger partial charge in [0.2, 0.25) is 5.91 Å². The Balaban J connectivity index is 1.70. The van der Waals surface area contributed by atoms with E-state index in [4.69, 9.17) is 5.73 Å². The van der Waals surface area contributed by atoms with Gasteiger partial charge in [-0.2, -0.15) is 0 Å². The fraction of sp³-hybridized carbons (Fsp3) is 0.529. The van der Waals surface area contributed by atoms with Crippen LogP contribution in [0.3, 0.4) is 0 Å². The van der Waals surface area contributed by atoms with Gasteiger partial charge in [0.05, 0.1) is 0 Å². The van der Waals surface area contributed by atoms with Gasteiger partial charge in [0.25, 0.3) is 5.91 Å². The van der Waals surface area contributed by atoms with Crippen molar-refractivity contribution in [2.45, 2.75) is 44.9 Å². The van der Waals surface area contributed by atoms with Gasteiger partial charge in [-0.25, -0.2) is 0 Å². The Morgan fingerprint density at radius 1 is 1.05 bits per heavy atom. The molecule has 3 N–H and O–H groups in total. The van der Waals surface area contributed by atoms with Gasteiger partial charge < -0.3 is 11.1 Å². The molecule has 0 bridgehead atoms. The number of benzene rings is 1. The van der Waals surface area contributed by atoms with Crippen molar-refractivity contribution in [3.05, 3.63) is 35.4 Å². The number of hydrogen-bond acceptors (Lipinski definition) is 2. The summed E-state index contributed by atoms with van der Waals surface area (Å²) in [6.45, 7) is 0.715. The Hall–Kier alpha value is -1.84. The number of hydrogen-bond donors (Lipinski definition) is 2. The van der Waals surface area contributed by atoms with Crippen LogP contribution in [0.2, 0.25) is 0 Å². The van der Waals surface area contributed by atoms with E-state index in [0.29, 0.717) is 17.7 Å². The lowest BCUT2D eigenvalue weighted by atomic mass is 9.86. The zero-order valence-electron chi connectivity index (χ0n) is 12.4. The number of primary amides is 1. The van der Waals surface area contributed by atoms with Crippen LogP contribution in [0.5, 0.6) is 0 Å². The Labute approximate surface area is 126 Å². The van der Waals surface area contributed by atoms with Gasteiger partial charge in [0.1, 0.15) is 0 Å². The van der Waals surface area contributed by atoms with Crippen LogP contribution in [0.1, 0.15) is 65.7 Å². The van der Waals surface area contributed by atoms with Gasteiger partial charge in [-0.1, -0.05) is 32.1 Å².